The van der Waals surface area contributed by atoms with Crippen LogP contribution in [0.3, 0.4) is 0 Å². The van der Waals surface area contributed by atoms with Crippen molar-refractivity contribution >= 4 is 49.2 Å². The molecular formula is C33H28ClF3N6O4S. The minimum Gasteiger partial charge on any atom is -0.497 e. The van der Waals surface area contributed by atoms with Crippen LogP contribution in [-0.2, 0) is 30.0 Å². The number of nitrogens with zero attached hydrogens (tertiary/aromatic N) is 5. The van der Waals surface area contributed by atoms with Crippen molar-refractivity contribution in [2.24, 2.45) is 12.8 Å². The first kappa shape index (κ1) is 33.0. The third kappa shape index (κ3) is 6.21. The maximum atomic E-state index is 14.3. The Labute approximate surface area is 277 Å². The Balaban J connectivity index is 1.58. The predicted molar refractivity (Wildman–Crippen MR) is 178 cm³/mol. The predicted octanol–water partition coefficient (Wildman–Crippen LogP) is 5.56. The third-order valence-electron chi connectivity index (χ3n) is 7.83. The van der Waals surface area contributed by atoms with Crippen LogP contribution in [0.1, 0.15) is 23.0 Å². The van der Waals surface area contributed by atoms with E-state index >= 15 is 0 Å². The number of hydrogen-bond acceptors (Lipinski definition) is 7. The van der Waals surface area contributed by atoms with Crippen molar-refractivity contribution in [2.75, 3.05) is 17.7 Å². The Morgan fingerprint density at radius 3 is 2.29 bits per heavy atom. The van der Waals surface area contributed by atoms with Crippen LogP contribution in [0.15, 0.2) is 77.6 Å². The van der Waals surface area contributed by atoms with Crippen molar-refractivity contribution in [2.45, 2.75) is 19.0 Å². The Kier molecular flexibility index (Phi) is 8.66. The first-order chi connectivity index (χ1) is 22.7. The molecule has 0 radical (unpaired) electrons. The SMILES string of the molecule is COc1ccc(CN(c2nn(C)c3c(-n4c([C@@H](N)Cc5cc(F)cc(F)c5)nc5cc(F)ccc5c4=O)ccc(Cl)c23)S(C)(=O)=O)cc1. The molecule has 248 valence electrons. The van der Waals surface area contributed by atoms with Crippen LogP contribution in [0.4, 0.5) is 19.0 Å². The zero-order valence-electron chi connectivity index (χ0n) is 25.8. The quantitative estimate of drug-likeness (QED) is 0.210. The van der Waals surface area contributed by atoms with Crippen molar-refractivity contribution < 1.29 is 26.3 Å². The first-order valence-corrected chi connectivity index (χ1v) is 16.7. The van der Waals surface area contributed by atoms with E-state index in [1.54, 1.807) is 31.3 Å². The minimum atomic E-state index is -3.94. The van der Waals surface area contributed by atoms with Gasteiger partial charge in [0.1, 0.15) is 29.0 Å². The summed E-state index contributed by atoms with van der Waals surface area (Å²) < 4.78 is 77.7. The second-order valence-corrected chi connectivity index (χ2v) is 13.5. The normalized spacial score (nSPS) is 12.5. The van der Waals surface area contributed by atoms with E-state index in [9.17, 15) is 26.4 Å². The smallest absolute Gasteiger partial charge is 0.266 e. The van der Waals surface area contributed by atoms with Crippen LogP contribution in [0, 0.1) is 17.5 Å². The van der Waals surface area contributed by atoms with Gasteiger partial charge in [-0.2, -0.15) is 5.10 Å². The fourth-order valence-electron chi connectivity index (χ4n) is 5.67. The van der Waals surface area contributed by atoms with Gasteiger partial charge in [0.2, 0.25) is 10.0 Å². The number of hydrogen-bond donors (Lipinski definition) is 1. The lowest BCUT2D eigenvalue weighted by Gasteiger charge is -2.21. The molecule has 0 unspecified atom stereocenters. The molecule has 6 rings (SSSR count). The van der Waals surface area contributed by atoms with Crippen molar-refractivity contribution in [3.8, 4) is 11.4 Å². The molecule has 15 heteroatoms. The molecule has 0 bridgehead atoms. The van der Waals surface area contributed by atoms with Gasteiger partial charge < -0.3 is 10.5 Å². The molecule has 0 aliphatic carbocycles. The molecule has 1 atom stereocenters. The number of aryl methyl sites for hydroxylation is 1. The molecular weight excluding hydrogens is 669 g/mol. The molecule has 0 aliphatic heterocycles. The van der Waals surface area contributed by atoms with Gasteiger partial charge in [-0.05, 0) is 66.1 Å². The molecule has 2 N–H and O–H groups in total. The van der Waals surface area contributed by atoms with Crippen LogP contribution >= 0.6 is 11.6 Å². The monoisotopic (exact) mass is 696 g/mol. The number of nitrogens with two attached hydrogens (primary N) is 1. The van der Waals surface area contributed by atoms with Gasteiger partial charge in [0, 0.05) is 19.2 Å². The lowest BCUT2D eigenvalue weighted by atomic mass is 10.0. The highest BCUT2D eigenvalue weighted by Crippen LogP contribution is 2.38. The van der Waals surface area contributed by atoms with E-state index in [2.05, 4.69) is 10.1 Å². The molecule has 0 spiro atoms. The third-order valence-corrected chi connectivity index (χ3v) is 9.25. The zero-order chi connectivity index (χ0) is 34.5. The van der Waals surface area contributed by atoms with E-state index in [0.717, 1.165) is 40.9 Å². The molecule has 2 heterocycles. The first-order valence-electron chi connectivity index (χ1n) is 14.4. The van der Waals surface area contributed by atoms with E-state index in [-0.39, 0.29) is 62.7 Å². The average Bonchev–Trinajstić information content (AvgIpc) is 3.36. The van der Waals surface area contributed by atoms with Gasteiger partial charge in [-0.15, -0.1) is 0 Å². The average molecular weight is 697 g/mol. The minimum absolute atomic E-state index is 0.00243. The van der Waals surface area contributed by atoms with Crippen LogP contribution < -0.4 is 20.3 Å². The summed E-state index contributed by atoms with van der Waals surface area (Å²) in [7, 11) is -0.860. The number of anilines is 1. The summed E-state index contributed by atoms with van der Waals surface area (Å²) in [6, 6.07) is 15.2. The van der Waals surface area contributed by atoms with Gasteiger partial charge >= 0.3 is 0 Å². The number of fused-ring (bicyclic) bond motifs is 2. The van der Waals surface area contributed by atoms with Crippen LogP contribution in [0.5, 0.6) is 5.75 Å². The van der Waals surface area contributed by atoms with Crippen LogP contribution in [-0.4, -0.2) is 41.1 Å². The molecule has 0 saturated heterocycles. The summed E-state index contributed by atoms with van der Waals surface area (Å²) in [6.45, 7) is -0.0984. The fourth-order valence-corrected chi connectivity index (χ4v) is 6.73. The number of benzene rings is 4. The molecule has 0 aliphatic rings. The van der Waals surface area contributed by atoms with Gasteiger partial charge in [-0.3, -0.25) is 14.0 Å². The maximum Gasteiger partial charge on any atom is 0.266 e. The number of methoxy groups -OCH3 is 1. The number of rotatable bonds is 9. The van der Waals surface area contributed by atoms with E-state index in [1.165, 1.54) is 34.6 Å². The summed E-state index contributed by atoms with van der Waals surface area (Å²) in [5.74, 6) is -1.71. The zero-order valence-corrected chi connectivity index (χ0v) is 27.4. The number of aromatic nitrogens is 4. The molecule has 0 saturated carbocycles. The number of ether oxygens (including phenoxy) is 1. The van der Waals surface area contributed by atoms with Crippen LogP contribution in [0.25, 0.3) is 27.5 Å². The Hall–Kier alpha value is -4.92. The molecule has 6 aromatic rings. The Bertz CT molecular complexity index is 2360. The molecule has 0 fully saturated rings. The van der Waals surface area contributed by atoms with Gasteiger partial charge in [0.15, 0.2) is 5.82 Å². The van der Waals surface area contributed by atoms with Gasteiger partial charge in [-0.1, -0.05) is 23.7 Å². The largest absolute Gasteiger partial charge is 0.497 e. The Morgan fingerprint density at radius 2 is 1.65 bits per heavy atom. The molecule has 4 aromatic carbocycles. The highest BCUT2D eigenvalue weighted by atomic mass is 35.5. The second kappa shape index (κ2) is 12.6. The summed E-state index contributed by atoms with van der Waals surface area (Å²) in [5, 5.41) is 4.97. The summed E-state index contributed by atoms with van der Waals surface area (Å²) in [6.07, 6.45) is 0.900. The second-order valence-electron chi connectivity index (χ2n) is 11.2. The van der Waals surface area contributed by atoms with Gasteiger partial charge in [0.05, 0.1) is 58.5 Å². The van der Waals surface area contributed by atoms with Crippen molar-refractivity contribution in [3.63, 3.8) is 0 Å². The standard InChI is InChI=1S/C33H28ClF3N6O4S/c1-41-30-28(11-10-25(34)29(30)32(40-41)42(48(3,45)46)17-18-4-7-23(47-2)8-5-18)43-31(26(38)14-19-12-21(36)15-22(37)13-19)39-27-16-20(35)6-9-24(27)33(43)44/h4-13,15-16,26H,14,17,38H2,1-3H3/t26-/m0/s1. The highest BCUT2D eigenvalue weighted by molar-refractivity contribution is 7.92. The summed E-state index contributed by atoms with van der Waals surface area (Å²) in [4.78, 5) is 18.8. The molecule has 0 amide bonds. The summed E-state index contributed by atoms with van der Waals surface area (Å²) in [5.41, 5.74) is 7.27. The van der Waals surface area contributed by atoms with E-state index in [1.807, 2.05) is 0 Å². The van der Waals surface area contributed by atoms with Crippen molar-refractivity contribution in [1.29, 1.82) is 0 Å². The molecule has 2 aromatic heterocycles. The lowest BCUT2D eigenvalue weighted by Crippen LogP contribution is -2.30. The van der Waals surface area contributed by atoms with Crippen LogP contribution in [0.2, 0.25) is 5.02 Å². The van der Waals surface area contributed by atoms with Gasteiger partial charge in [0.25, 0.3) is 5.56 Å². The summed E-state index contributed by atoms with van der Waals surface area (Å²) >= 11 is 6.73. The lowest BCUT2D eigenvalue weighted by molar-refractivity contribution is 0.414. The van der Waals surface area contributed by atoms with E-state index in [4.69, 9.17) is 22.1 Å². The number of halogens is 4. The topological polar surface area (TPSA) is 125 Å². The Morgan fingerprint density at radius 1 is 0.958 bits per heavy atom. The fraction of sp³-hybridized carbons (Fsp3) is 0.182. The van der Waals surface area contributed by atoms with E-state index in [0.29, 0.717) is 11.3 Å². The number of sulfonamides is 1. The molecule has 48 heavy (non-hydrogen) atoms. The van der Waals surface area contributed by atoms with Crippen molar-refractivity contribution in [3.05, 3.63) is 123 Å². The highest BCUT2D eigenvalue weighted by Gasteiger charge is 2.29. The van der Waals surface area contributed by atoms with E-state index < -0.39 is 39.1 Å². The van der Waals surface area contributed by atoms with Crippen molar-refractivity contribution in [1.82, 2.24) is 19.3 Å². The molecule has 10 nitrogen and oxygen atoms in total. The maximum absolute atomic E-state index is 14.3. The van der Waals surface area contributed by atoms with Gasteiger partial charge in [-0.25, -0.2) is 30.9 Å².